The molecule has 1 rings (SSSR count). The lowest BCUT2D eigenvalue weighted by Crippen LogP contribution is -2.24. The number of amides is 1. The summed E-state index contributed by atoms with van der Waals surface area (Å²) < 4.78 is 4.64. The van der Waals surface area contributed by atoms with Crippen molar-refractivity contribution in [1.82, 2.24) is 15.5 Å². The molecule has 0 atom stereocenters. The van der Waals surface area contributed by atoms with Crippen LogP contribution < -0.4 is 5.32 Å². The standard InChI is InChI=1S/C9H11N3O4/c1-2-3-16-9(15)10-4-6-5-11-12-7(6)8(13)14/h2,5H,1,3-4H2,(H,10,15)(H,11,12)(H,13,14). The van der Waals surface area contributed by atoms with Gasteiger partial charge in [-0.2, -0.15) is 5.10 Å². The molecule has 0 aliphatic heterocycles. The molecule has 1 aromatic heterocycles. The Morgan fingerprint density at radius 1 is 1.69 bits per heavy atom. The summed E-state index contributed by atoms with van der Waals surface area (Å²) in [7, 11) is 0. The highest BCUT2D eigenvalue weighted by atomic mass is 16.5. The van der Waals surface area contributed by atoms with Gasteiger partial charge in [0.2, 0.25) is 0 Å². The van der Waals surface area contributed by atoms with Crippen LogP contribution in [-0.4, -0.2) is 34.0 Å². The van der Waals surface area contributed by atoms with E-state index < -0.39 is 12.1 Å². The maximum absolute atomic E-state index is 11.0. The predicted molar refractivity (Wildman–Crippen MR) is 53.9 cm³/mol. The molecule has 3 N–H and O–H groups in total. The van der Waals surface area contributed by atoms with Gasteiger partial charge in [-0.3, -0.25) is 5.10 Å². The van der Waals surface area contributed by atoms with Gasteiger partial charge in [0.05, 0.1) is 12.7 Å². The molecular formula is C9H11N3O4. The summed E-state index contributed by atoms with van der Waals surface area (Å²) in [6.07, 6.45) is 2.12. The van der Waals surface area contributed by atoms with Gasteiger partial charge in [0.1, 0.15) is 12.3 Å². The number of carboxylic acids is 1. The third-order valence-electron chi connectivity index (χ3n) is 1.69. The van der Waals surface area contributed by atoms with Gasteiger partial charge in [-0.15, -0.1) is 0 Å². The van der Waals surface area contributed by atoms with Crippen molar-refractivity contribution >= 4 is 12.1 Å². The topological polar surface area (TPSA) is 104 Å². The maximum atomic E-state index is 11.0. The predicted octanol–water partition coefficient (Wildman–Crippen LogP) is 0.520. The summed E-state index contributed by atoms with van der Waals surface area (Å²) in [4.78, 5) is 21.7. The van der Waals surface area contributed by atoms with Gasteiger partial charge >= 0.3 is 12.1 Å². The lowest BCUT2D eigenvalue weighted by atomic mass is 10.2. The third kappa shape index (κ3) is 3.12. The monoisotopic (exact) mass is 225 g/mol. The van der Waals surface area contributed by atoms with Crippen molar-refractivity contribution in [3.05, 3.63) is 30.1 Å². The van der Waals surface area contributed by atoms with E-state index in [9.17, 15) is 9.59 Å². The number of aromatic carboxylic acids is 1. The highest BCUT2D eigenvalue weighted by Crippen LogP contribution is 2.03. The second-order valence-corrected chi connectivity index (χ2v) is 2.82. The zero-order valence-corrected chi connectivity index (χ0v) is 8.40. The normalized spacial score (nSPS) is 9.50. The quantitative estimate of drug-likeness (QED) is 0.633. The molecule has 0 spiro atoms. The molecule has 1 heterocycles. The van der Waals surface area contributed by atoms with E-state index in [2.05, 4.69) is 26.8 Å². The number of carbonyl (C=O) groups excluding carboxylic acids is 1. The Balaban J connectivity index is 2.48. The number of aromatic amines is 1. The summed E-state index contributed by atoms with van der Waals surface area (Å²) in [5, 5.41) is 17.0. The summed E-state index contributed by atoms with van der Waals surface area (Å²) in [5.74, 6) is -1.13. The smallest absolute Gasteiger partial charge is 0.407 e. The van der Waals surface area contributed by atoms with E-state index in [4.69, 9.17) is 5.11 Å². The Morgan fingerprint density at radius 3 is 3.06 bits per heavy atom. The van der Waals surface area contributed by atoms with Crippen molar-refractivity contribution in [3.63, 3.8) is 0 Å². The zero-order chi connectivity index (χ0) is 12.0. The first kappa shape index (κ1) is 11.8. The summed E-state index contributed by atoms with van der Waals surface area (Å²) >= 11 is 0. The Hall–Kier alpha value is -2.31. The fraction of sp³-hybridized carbons (Fsp3) is 0.222. The molecule has 0 unspecified atom stereocenters. The van der Waals surface area contributed by atoms with Gasteiger partial charge in [0, 0.05) is 5.56 Å². The maximum Gasteiger partial charge on any atom is 0.407 e. The highest BCUT2D eigenvalue weighted by Gasteiger charge is 2.12. The summed E-state index contributed by atoms with van der Waals surface area (Å²) in [5.41, 5.74) is 0.326. The number of aromatic nitrogens is 2. The van der Waals surface area contributed by atoms with Crippen LogP contribution in [0, 0.1) is 0 Å². The Bertz CT molecular complexity index is 399. The van der Waals surface area contributed by atoms with Gasteiger partial charge in [-0.1, -0.05) is 12.7 Å². The van der Waals surface area contributed by atoms with Crippen molar-refractivity contribution in [3.8, 4) is 0 Å². The molecule has 1 amide bonds. The molecular weight excluding hydrogens is 214 g/mol. The number of ether oxygens (including phenoxy) is 1. The van der Waals surface area contributed by atoms with Crippen molar-refractivity contribution in [2.75, 3.05) is 6.61 Å². The zero-order valence-electron chi connectivity index (χ0n) is 8.40. The fourth-order valence-electron chi connectivity index (χ4n) is 0.983. The van der Waals surface area contributed by atoms with Gasteiger partial charge in [0.25, 0.3) is 0 Å². The molecule has 1 aromatic rings. The van der Waals surface area contributed by atoms with Crippen LogP contribution in [0.3, 0.4) is 0 Å². The number of alkyl carbamates (subject to hydrolysis) is 1. The second kappa shape index (κ2) is 5.54. The van der Waals surface area contributed by atoms with Crippen molar-refractivity contribution in [2.45, 2.75) is 6.54 Å². The minimum absolute atomic E-state index is 0.0358. The number of H-pyrrole nitrogens is 1. The first-order valence-corrected chi connectivity index (χ1v) is 4.42. The second-order valence-electron chi connectivity index (χ2n) is 2.82. The van der Waals surface area contributed by atoms with E-state index in [0.29, 0.717) is 5.56 Å². The van der Waals surface area contributed by atoms with Crippen LogP contribution >= 0.6 is 0 Å². The molecule has 86 valence electrons. The van der Waals surface area contributed by atoms with Crippen LogP contribution in [-0.2, 0) is 11.3 Å². The molecule has 0 fully saturated rings. The lowest BCUT2D eigenvalue weighted by Gasteiger charge is -2.03. The van der Waals surface area contributed by atoms with E-state index in [1.165, 1.54) is 12.3 Å². The number of hydrogen-bond donors (Lipinski definition) is 3. The van der Waals surface area contributed by atoms with Crippen molar-refractivity contribution in [1.29, 1.82) is 0 Å². The average Bonchev–Trinajstić information content (AvgIpc) is 2.71. The van der Waals surface area contributed by atoms with Crippen LogP contribution in [0.1, 0.15) is 16.1 Å². The SMILES string of the molecule is C=CCOC(=O)NCc1cn[nH]c1C(=O)O. The van der Waals surface area contributed by atoms with Crippen LogP contribution in [0.2, 0.25) is 0 Å². The Kier molecular flexibility index (Phi) is 4.07. The minimum atomic E-state index is -1.13. The van der Waals surface area contributed by atoms with Crippen LogP contribution in [0.4, 0.5) is 4.79 Å². The fourth-order valence-corrected chi connectivity index (χ4v) is 0.983. The summed E-state index contributed by atoms with van der Waals surface area (Å²) in [6, 6.07) is 0. The van der Waals surface area contributed by atoms with Gasteiger partial charge in [0.15, 0.2) is 0 Å². The average molecular weight is 225 g/mol. The van der Waals surface area contributed by atoms with Crippen molar-refractivity contribution in [2.24, 2.45) is 0 Å². The number of rotatable bonds is 5. The molecule has 0 aliphatic rings. The highest BCUT2D eigenvalue weighted by molar-refractivity contribution is 5.87. The van der Waals surface area contributed by atoms with E-state index in [1.807, 2.05) is 0 Å². The third-order valence-corrected chi connectivity index (χ3v) is 1.69. The molecule has 0 bridgehead atoms. The van der Waals surface area contributed by atoms with Gasteiger partial charge < -0.3 is 15.2 Å². The molecule has 7 nitrogen and oxygen atoms in total. The molecule has 0 radical (unpaired) electrons. The Morgan fingerprint density at radius 2 is 2.44 bits per heavy atom. The minimum Gasteiger partial charge on any atom is -0.477 e. The molecule has 0 aromatic carbocycles. The van der Waals surface area contributed by atoms with E-state index in [1.54, 1.807) is 0 Å². The van der Waals surface area contributed by atoms with E-state index >= 15 is 0 Å². The number of nitrogens with one attached hydrogen (secondary N) is 2. The van der Waals surface area contributed by atoms with E-state index in [-0.39, 0.29) is 18.8 Å². The molecule has 0 saturated heterocycles. The van der Waals surface area contributed by atoms with E-state index in [0.717, 1.165) is 0 Å². The first-order valence-electron chi connectivity index (χ1n) is 4.42. The molecule has 0 aliphatic carbocycles. The Labute approximate surface area is 91.1 Å². The first-order chi connectivity index (χ1) is 7.65. The number of carboxylic acid groups (broad SMARTS) is 1. The van der Waals surface area contributed by atoms with Gasteiger partial charge in [-0.05, 0) is 0 Å². The van der Waals surface area contributed by atoms with Gasteiger partial charge in [-0.25, -0.2) is 9.59 Å². The lowest BCUT2D eigenvalue weighted by molar-refractivity contribution is 0.0688. The van der Waals surface area contributed by atoms with Crippen molar-refractivity contribution < 1.29 is 19.4 Å². The van der Waals surface area contributed by atoms with Crippen LogP contribution in [0.5, 0.6) is 0 Å². The number of nitrogens with zero attached hydrogens (tertiary/aromatic N) is 1. The summed E-state index contributed by atoms with van der Waals surface area (Å²) in [6.45, 7) is 3.52. The van der Waals surface area contributed by atoms with Crippen LogP contribution in [0.25, 0.3) is 0 Å². The number of carbonyl (C=O) groups is 2. The molecule has 7 heteroatoms. The molecule has 16 heavy (non-hydrogen) atoms. The number of hydrogen-bond acceptors (Lipinski definition) is 4. The van der Waals surface area contributed by atoms with Crippen LogP contribution in [0.15, 0.2) is 18.9 Å². The molecule has 0 saturated carbocycles. The largest absolute Gasteiger partial charge is 0.477 e.